The highest BCUT2D eigenvalue weighted by Crippen LogP contribution is 2.43. The molecule has 7 heteroatoms. The number of hydrogen-bond acceptors (Lipinski definition) is 5. The Morgan fingerprint density at radius 1 is 1.06 bits per heavy atom. The van der Waals surface area contributed by atoms with Crippen LogP contribution in [0.4, 0.5) is 5.69 Å². The van der Waals surface area contributed by atoms with Gasteiger partial charge in [0.25, 0.3) is 0 Å². The van der Waals surface area contributed by atoms with Crippen LogP contribution in [0.3, 0.4) is 0 Å². The minimum atomic E-state index is 0.402. The summed E-state index contributed by atoms with van der Waals surface area (Å²) in [7, 11) is 1.62. The highest BCUT2D eigenvalue weighted by Gasteiger charge is 2.25. The molecule has 5 nitrogen and oxygen atoms in total. The van der Waals surface area contributed by atoms with Crippen molar-refractivity contribution < 1.29 is 14.2 Å². The monoisotopic (exact) mass is 456 g/mol. The van der Waals surface area contributed by atoms with Gasteiger partial charge in [-0.15, -0.1) is 0 Å². The van der Waals surface area contributed by atoms with Crippen LogP contribution in [0.25, 0.3) is 0 Å². The average Bonchev–Trinajstić information content (AvgIpc) is 2.80. The lowest BCUT2D eigenvalue weighted by molar-refractivity contribution is 0.252. The molecule has 0 fully saturated rings. The van der Waals surface area contributed by atoms with Gasteiger partial charge in [-0.25, -0.2) is 4.99 Å². The third-order valence-corrected chi connectivity index (χ3v) is 5.52. The number of halogens is 2. The van der Waals surface area contributed by atoms with E-state index in [4.69, 9.17) is 42.4 Å². The summed E-state index contributed by atoms with van der Waals surface area (Å²) in [6.07, 6.45) is 5.50. The van der Waals surface area contributed by atoms with Crippen LogP contribution in [-0.4, -0.2) is 31.0 Å². The SMILES string of the molecule is COc1ccc2c(c1OCCCc1ccccc1)OCCC2=Nc1c(Cl)cncc1Cl. The fraction of sp³-hybridized carbons (Fsp3) is 0.250. The first-order valence-corrected chi connectivity index (χ1v) is 10.8. The van der Waals surface area contributed by atoms with Gasteiger partial charge < -0.3 is 14.2 Å². The van der Waals surface area contributed by atoms with E-state index >= 15 is 0 Å². The molecular formula is C24H22Cl2N2O3. The molecule has 0 spiro atoms. The molecule has 0 N–H and O–H groups in total. The summed E-state index contributed by atoms with van der Waals surface area (Å²) in [5, 5.41) is 0.804. The quantitative estimate of drug-likeness (QED) is 0.390. The number of methoxy groups -OCH3 is 1. The first kappa shape index (κ1) is 21.5. The Balaban J connectivity index is 1.59. The Labute approximate surface area is 191 Å². The number of nitrogens with zero attached hydrogens (tertiary/aromatic N) is 2. The summed E-state index contributed by atoms with van der Waals surface area (Å²) in [5.74, 6) is 1.84. The van der Waals surface area contributed by atoms with Gasteiger partial charge in [0, 0.05) is 24.4 Å². The summed E-state index contributed by atoms with van der Waals surface area (Å²) < 4.78 is 17.6. The number of aromatic nitrogens is 1. The Morgan fingerprint density at radius 3 is 2.58 bits per heavy atom. The number of aliphatic imine (C=N–C) groups is 1. The van der Waals surface area contributed by atoms with Crippen molar-refractivity contribution in [2.45, 2.75) is 19.3 Å². The molecular weight excluding hydrogens is 435 g/mol. The molecule has 0 aliphatic carbocycles. The van der Waals surface area contributed by atoms with Crippen LogP contribution in [0.1, 0.15) is 24.0 Å². The Hall–Kier alpha value is -2.76. The number of ether oxygens (including phenoxy) is 3. The van der Waals surface area contributed by atoms with E-state index in [9.17, 15) is 0 Å². The van der Waals surface area contributed by atoms with Gasteiger partial charge in [-0.1, -0.05) is 53.5 Å². The minimum absolute atomic E-state index is 0.402. The van der Waals surface area contributed by atoms with Gasteiger partial charge in [-0.3, -0.25) is 4.98 Å². The minimum Gasteiger partial charge on any atom is -0.493 e. The molecule has 0 atom stereocenters. The van der Waals surface area contributed by atoms with Gasteiger partial charge in [-0.2, -0.15) is 0 Å². The lowest BCUT2D eigenvalue weighted by atomic mass is 10.0. The van der Waals surface area contributed by atoms with Crippen LogP contribution in [-0.2, 0) is 6.42 Å². The Bertz CT molecular complexity index is 1070. The molecule has 2 heterocycles. The first-order chi connectivity index (χ1) is 15.2. The van der Waals surface area contributed by atoms with Crippen molar-refractivity contribution in [1.29, 1.82) is 0 Å². The summed E-state index contributed by atoms with van der Waals surface area (Å²) in [6.45, 7) is 1.01. The lowest BCUT2D eigenvalue weighted by Crippen LogP contribution is -2.17. The molecule has 0 saturated carbocycles. The molecule has 0 saturated heterocycles. The molecule has 1 aromatic heterocycles. The second-order valence-electron chi connectivity index (χ2n) is 7.02. The van der Waals surface area contributed by atoms with Crippen molar-refractivity contribution in [1.82, 2.24) is 4.98 Å². The van der Waals surface area contributed by atoms with E-state index in [1.54, 1.807) is 7.11 Å². The average molecular weight is 457 g/mol. The topological polar surface area (TPSA) is 52.9 Å². The third-order valence-electron chi connectivity index (χ3n) is 4.97. The van der Waals surface area contributed by atoms with Crippen molar-refractivity contribution in [3.05, 3.63) is 76.0 Å². The van der Waals surface area contributed by atoms with Crippen molar-refractivity contribution in [3.8, 4) is 17.2 Å². The number of rotatable bonds is 7. The lowest BCUT2D eigenvalue weighted by Gasteiger charge is -2.23. The second kappa shape index (κ2) is 10.0. The van der Waals surface area contributed by atoms with Crippen molar-refractivity contribution in [3.63, 3.8) is 0 Å². The summed E-state index contributed by atoms with van der Waals surface area (Å²) in [4.78, 5) is 8.72. The van der Waals surface area contributed by atoms with Gasteiger partial charge in [0.15, 0.2) is 11.5 Å². The predicted octanol–water partition coefficient (Wildman–Crippen LogP) is 6.31. The first-order valence-electron chi connectivity index (χ1n) is 10.0. The Morgan fingerprint density at radius 2 is 1.84 bits per heavy atom. The van der Waals surface area contributed by atoms with E-state index in [0.717, 1.165) is 24.1 Å². The second-order valence-corrected chi connectivity index (χ2v) is 7.83. The molecule has 0 radical (unpaired) electrons. The van der Waals surface area contributed by atoms with Gasteiger partial charge in [-0.05, 0) is 30.5 Å². The molecule has 0 unspecified atom stereocenters. The zero-order valence-electron chi connectivity index (χ0n) is 17.1. The van der Waals surface area contributed by atoms with E-state index in [-0.39, 0.29) is 0 Å². The summed E-state index contributed by atoms with van der Waals surface area (Å²) >= 11 is 12.5. The highest BCUT2D eigenvalue weighted by atomic mass is 35.5. The number of aryl methyl sites for hydroxylation is 1. The molecule has 0 bridgehead atoms. The van der Waals surface area contributed by atoms with E-state index in [1.807, 2.05) is 30.3 Å². The maximum Gasteiger partial charge on any atom is 0.204 e. The fourth-order valence-electron chi connectivity index (χ4n) is 3.45. The maximum absolute atomic E-state index is 6.26. The summed E-state index contributed by atoms with van der Waals surface area (Å²) in [6, 6.07) is 14.1. The largest absolute Gasteiger partial charge is 0.493 e. The van der Waals surface area contributed by atoms with Crippen LogP contribution >= 0.6 is 23.2 Å². The molecule has 1 aliphatic heterocycles. The fourth-order valence-corrected chi connectivity index (χ4v) is 3.90. The number of hydrogen-bond donors (Lipinski definition) is 0. The number of pyridine rings is 1. The van der Waals surface area contributed by atoms with Gasteiger partial charge in [0.05, 0.1) is 36.1 Å². The van der Waals surface area contributed by atoms with Gasteiger partial charge in [0.1, 0.15) is 5.69 Å². The molecule has 3 aromatic rings. The van der Waals surface area contributed by atoms with Crippen molar-refractivity contribution in [2.24, 2.45) is 4.99 Å². The molecule has 0 amide bonds. The predicted molar refractivity (Wildman–Crippen MR) is 124 cm³/mol. The van der Waals surface area contributed by atoms with Crippen LogP contribution in [0.15, 0.2) is 59.9 Å². The molecule has 2 aromatic carbocycles. The Kier molecular flexibility index (Phi) is 6.95. The molecule has 1 aliphatic rings. The zero-order valence-corrected chi connectivity index (χ0v) is 18.6. The highest BCUT2D eigenvalue weighted by molar-refractivity contribution is 6.38. The van der Waals surface area contributed by atoms with E-state index in [0.29, 0.717) is 52.6 Å². The molecule has 31 heavy (non-hydrogen) atoms. The van der Waals surface area contributed by atoms with Gasteiger partial charge >= 0.3 is 0 Å². The number of benzene rings is 2. The number of fused-ring (bicyclic) bond motifs is 1. The third kappa shape index (κ3) is 4.94. The van der Waals surface area contributed by atoms with E-state index < -0.39 is 0 Å². The summed E-state index contributed by atoms with van der Waals surface area (Å²) in [5.41, 5.74) is 3.45. The van der Waals surface area contributed by atoms with Crippen molar-refractivity contribution >= 4 is 34.6 Å². The standard InChI is InChI=1S/C24H22Cl2N2O3/c1-29-21-10-9-17-20(28-22-18(25)14-27-15-19(22)26)11-13-31-23(17)24(21)30-12-5-8-16-6-3-2-4-7-16/h2-4,6-7,9-10,14-15H,5,8,11-13H2,1H3. The van der Waals surface area contributed by atoms with Gasteiger partial charge in [0.2, 0.25) is 5.75 Å². The van der Waals surface area contributed by atoms with Crippen LogP contribution < -0.4 is 14.2 Å². The van der Waals surface area contributed by atoms with Crippen LogP contribution in [0.2, 0.25) is 10.0 Å². The van der Waals surface area contributed by atoms with Crippen molar-refractivity contribution in [2.75, 3.05) is 20.3 Å². The zero-order chi connectivity index (χ0) is 21.6. The van der Waals surface area contributed by atoms with E-state index in [1.165, 1.54) is 18.0 Å². The maximum atomic E-state index is 6.26. The van der Waals surface area contributed by atoms with Crippen LogP contribution in [0.5, 0.6) is 17.2 Å². The van der Waals surface area contributed by atoms with Crippen LogP contribution in [0, 0.1) is 0 Å². The molecule has 160 valence electrons. The smallest absolute Gasteiger partial charge is 0.204 e. The van der Waals surface area contributed by atoms with E-state index in [2.05, 4.69) is 17.1 Å². The molecule has 4 rings (SSSR count). The normalized spacial score (nSPS) is 14.1.